The normalized spacial score (nSPS) is 18.3. The van der Waals surface area contributed by atoms with E-state index in [1.54, 1.807) is 11.8 Å². The van der Waals surface area contributed by atoms with E-state index in [2.05, 4.69) is 29.0 Å². The molecule has 0 spiro atoms. The van der Waals surface area contributed by atoms with Gasteiger partial charge in [0, 0.05) is 18.9 Å². The van der Waals surface area contributed by atoms with Crippen LogP contribution < -0.4 is 10.6 Å². The van der Waals surface area contributed by atoms with Crippen LogP contribution in [-0.4, -0.2) is 31.5 Å². The molecular formula is C14H20N2O2S. The number of carbonyl (C=O) groups excluding carboxylic acids is 1. The number of nitrogens with one attached hydrogen (secondary N) is 2. The zero-order chi connectivity index (χ0) is 13.5. The molecule has 2 N–H and O–H groups in total. The summed E-state index contributed by atoms with van der Waals surface area (Å²) in [6.45, 7) is 1.92. The molecule has 1 atom stereocenters. The van der Waals surface area contributed by atoms with E-state index >= 15 is 0 Å². The number of thioether (sulfide) groups is 1. The van der Waals surface area contributed by atoms with Gasteiger partial charge in [0.1, 0.15) is 0 Å². The van der Waals surface area contributed by atoms with E-state index in [-0.39, 0.29) is 12.1 Å². The average molecular weight is 280 g/mol. The van der Waals surface area contributed by atoms with Crippen LogP contribution in [0, 0.1) is 0 Å². The molecule has 0 aromatic heterocycles. The second-order valence-electron chi connectivity index (χ2n) is 4.64. The summed E-state index contributed by atoms with van der Waals surface area (Å²) in [5, 5.41) is 5.79. The molecule has 19 heavy (non-hydrogen) atoms. The Labute approximate surface area is 118 Å². The lowest BCUT2D eigenvalue weighted by molar-refractivity contribution is 0.188. The van der Waals surface area contributed by atoms with Gasteiger partial charge in [-0.15, -0.1) is 0 Å². The van der Waals surface area contributed by atoms with Crippen molar-refractivity contribution < 1.29 is 9.53 Å². The van der Waals surface area contributed by atoms with Gasteiger partial charge in [-0.3, -0.25) is 0 Å². The molecule has 0 radical (unpaired) electrons. The van der Waals surface area contributed by atoms with Crippen molar-refractivity contribution in [1.29, 1.82) is 0 Å². The molecular weight excluding hydrogens is 260 g/mol. The van der Waals surface area contributed by atoms with Gasteiger partial charge < -0.3 is 15.4 Å². The molecule has 1 aromatic carbocycles. The van der Waals surface area contributed by atoms with Gasteiger partial charge in [0.2, 0.25) is 0 Å². The van der Waals surface area contributed by atoms with Crippen LogP contribution in [0.5, 0.6) is 0 Å². The van der Waals surface area contributed by atoms with Gasteiger partial charge in [0.15, 0.2) is 0 Å². The first-order valence-electron chi connectivity index (χ1n) is 6.47. The summed E-state index contributed by atoms with van der Waals surface area (Å²) >= 11 is 1.80. The number of rotatable bonds is 5. The molecule has 2 amide bonds. The van der Waals surface area contributed by atoms with Gasteiger partial charge >= 0.3 is 6.03 Å². The standard InChI is InChI=1S/C14H20N2O2S/c1-19-10-12-4-2-3-11(7-12)8-15-14(17)16-13-5-6-18-9-13/h2-4,7,13H,5-6,8-10H2,1H3,(H2,15,16,17). The van der Waals surface area contributed by atoms with Crippen molar-refractivity contribution in [3.63, 3.8) is 0 Å². The van der Waals surface area contributed by atoms with Gasteiger partial charge in [0.25, 0.3) is 0 Å². The van der Waals surface area contributed by atoms with E-state index in [4.69, 9.17) is 4.74 Å². The largest absolute Gasteiger partial charge is 0.379 e. The van der Waals surface area contributed by atoms with Crippen LogP contribution in [0.15, 0.2) is 24.3 Å². The summed E-state index contributed by atoms with van der Waals surface area (Å²) < 4.78 is 5.22. The molecule has 1 heterocycles. The van der Waals surface area contributed by atoms with E-state index < -0.39 is 0 Å². The van der Waals surface area contributed by atoms with Crippen molar-refractivity contribution in [3.8, 4) is 0 Å². The van der Waals surface area contributed by atoms with Crippen molar-refractivity contribution in [2.75, 3.05) is 19.5 Å². The Bertz CT molecular complexity index is 420. The van der Waals surface area contributed by atoms with E-state index in [9.17, 15) is 4.79 Å². The first kappa shape index (κ1) is 14.2. The predicted octanol–water partition coefficient (Wildman–Crippen LogP) is 2.14. The van der Waals surface area contributed by atoms with Crippen molar-refractivity contribution in [1.82, 2.24) is 10.6 Å². The van der Waals surface area contributed by atoms with Gasteiger partial charge in [-0.25, -0.2) is 4.79 Å². The Kier molecular flexibility index (Phi) is 5.54. The number of ether oxygens (including phenoxy) is 1. The highest BCUT2D eigenvalue weighted by atomic mass is 32.2. The summed E-state index contributed by atoms with van der Waals surface area (Å²) in [6.07, 6.45) is 2.98. The Morgan fingerprint density at radius 2 is 2.32 bits per heavy atom. The smallest absolute Gasteiger partial charge is 0.315 e. The SMILES string of the molecule is CSCc1cccc(CNC(=O)NC2CCOC2)c1. The second kappa shape index (κ2) is 7.40. The van der Waals surface area contributed by atoms with E-state index in [0.717, 1.165) is 24.3 Å². The van der Waals surface area contributed by atoms with Crippen LogP contribution in [-0.2, 0) is 17.0 Å². The first-order chi connectivity index (χ1) is 9.28. The Balaban J connectivity index is 1.77. The summed E-state index contributed by atoms with van der Waals surface area (Å²) in [7, 11) is 0. The van der Waals surface area contributed by atoms with Gasteiger partial charge in [-0.2, -0.15) is 11.8 Å². The summed E-state index contributed by atoms with van der Waals surface area (Å²) in [4.78, 5) is 11.7. The minimum Gasteiger partial charge on any atom is -0.379 e. The first-order valence-corrected chi connectivity index (χ1v) is 7.86. The fourth-order valence-corrected chi connectivity index (χ4v) is 2.58. The lowest BCUT2D eigenvalue weighted by atomic mass is 10.1. The Hall–Kier alpha value is -1.20. The third kappa shape index (κ3) is 4.76. The molecule has 1 fully saturated rings. The number of carbonyl (C=O) groups is 1. The van der Waals surface area contributed by atoms with Crippen molar-refractivity contribution in [2.45, 2.75) is 24.8 Å². The molecule has 1 aliphatic heterocycles. The van der Waals surface area contributed by atoms with Crippen molar-refractivity contribution in [3.05, 3.63) is 35.4 Å². The van der Waals surface area contributed by atoms with Gasteiger partial charge in [0.05, 0.1) is 12.6 Å². The highest BCUT2D eigenvalue weighted by Gasteiger charge is 2.17. The summed E-state index contributed by atoms with van der Waals surface area (Å²) in [6, 6.07) is 8.34. The van der Waals surface area contributed by atoms with Gasteiger partial charge in [-0.1, -0.05) is 24.3 Å². The van der Waals surface area contributed by atoms with E-state index in [1.165, 1.54) is 5.56 Å². The number of urea groups is 1. The van der Waals surface area contributed by atoms with Crippen LogP contribution in [0.25, 0.3) is 0 Å². The molecule has 0 bridgehead atoms. The molecule has 4 nitrogen and oxygen atoms in total. The van der Waals surface area contributed by atoms with Crippen LogP contribution >= 0.6 is 11.8 Å². The molecule has 1 aliphatic rings. The fourth-order valence-electron chi connectivity index (χ4n) is 2.06. The highest BCUT2D eigenvalue weighted by Crippen LogP contribution is 2.11. The minimum atomic E-state index is -0.120. The molecule has 104 valence electrons. The maximum atomic E-state index is 11.7. The zero-order valence-corrected chi connectivity index (χ0v) is 12.0. The van der Waals surface area contributed by atoms with Gasteiger partial charge in [-0.05, 0) is 23.8 Å². The molecule has 1 saturated heterocycles. The Morgan fingerprint density at radius 3 is 3.05 bits per heavy atom. The third-order valence-corrected chi connectivity index (χ3v) is 3.64. The fraction of sp³-hybridized carbons (Fsp3) is 0.500. The summed E-state index contributed by atoms with van der Waals surface area (Å²) in [5.74, 6) is 0.999. The minimum absolute atomic E-state index is 0.120. The highest BCUT2D eigenvalue weighted by molar-refractivity contribution is 7.97. The van der Waals surface area contributed by atoms with Crippen LogP contribution in [0.1, 0.15) is 17.5 Å². The topological polar surface area (TPSA) is 50.4 Å². The number of hydrogen-bond donors (Lipinski definition) is 2. The number of hydrogen-bond acceptors (Lipinski definition) is 3. The second-order valence-corrected chi connectivity index (χ2v) is 5.51. The molecule has 0 aliphatic carbocycles. The van der Waals surface area contributed by atoms with Crippen LogP contribution in [0.3, 0.4) is 0 Å². The molecule has 1 aromatic rings. The number of benzene rings is 1. The maximum absolute atomic E-state index is 11.7. The van der Waals surface area contributed by atoms with E-state index in [1.807, 2.05) is 12.1 Å². The predicted molar refractivity (Wildman–Crippen MR) is 78.3 cm³/mol. The van der Waals surface area contributed by atoms with Crippen LogP contribution in [0.4, 0.5) is 4.79 Å². The summed E-state index contributed by atoms with van der Waals surface area (Å²) in [5.41, 5.74) is 2.42. The van der Waals surface area contributed by atoms with E-state index in [0.29, 0.717) is 13.2 Å². The molecule has 1 unspecified atom stereocenters. The van der Waals surface area contributed by atoms with Crippen molar-refractivity contribution in [2.24, 2.45) is 0 Å². The maximum Gasteiger partial charge on any atom is 0.315 e. The zero-order valence-electron chi connectivity index (χ0n) is 11.1. The average Bonchev–Trinajstić information content (AvgIpc) is 2.90. The lowest BCUT2D eigenvalue weighted by Crippen LogP contribution is -2.42. The molecule has 0 saturated carbocycles. The quantitative estimate of drug-likeness (QED) is 0.869. The van der Waals surface area contributed by atoms with Crippen LogP contribution in [0.2, 0.25) is 0 Å². The lowest BCUT2D eigenvalue weighted by Gasteiger charge is -2.12. The van der Waals surface area contributed by atoms with Crippen molar-refractivity contribution >= 4 is 17.8 Å². The molecule has 5 heteroatoms. The third-order valence-electron chi connectivity index (χ3n) is 3.02. The molecule has 2 rings (SSSR count). The monoisotopic (exact) mass is 280 g/mol. The number of amides is 2. The Morgan fingerprint density at radius 1 is 1.47 bits per heavy atom.